The fourth-order valence-corrected chi connectivity index (χ4v) is 3.45. The van der Waals surface area contributed by atoms with Crippen LogP contribution in [0.5, 0.6) is 0 Å². The third-order valence-corrected chi connectivity index (χ3v) is 4.74. The first-order valence-electron chi connectivity index (χ1n) is 8.72. The van der Waals surface area contributed by atoms with Gasteiger partial charge in [0, 0.05) is 24.3 Å². The molecule has 1 aliphatic heterocycles. The standard InChI is InChI=1S/C20H32N2/c1-7-9-10-22-19-11-15(3)17(14-21-8-2)12-18(19)16(4)13-20(22,5)6/h11-13,21H,7-10,14H2,1-6H3. The number of unbranched alkanes of at least 4 members (excludes halogenated alkanes) is 1. The Morgan fingerprint density at radius 1 is 1.14 bits per heavy atom. The summed E-state index contributed by atoms with van der Waals surface area (Å²) in [5.41, 5.74) is 7.15. The number of nitrogens with one attached hydrogen (secondary N) is 1. The average molecular weight is 300 g/mol. The summed E-state index contributed by atoms with van der Waals surface area (Å²) in [7, 11) is 0. The molecule has 0 atom stereocenters. The molecule has 2 heteroatoms. The zero-order valence-electron chi connectivity index (χ0n) is 15.2. The van der Waals surface area contributed by atoms with E-state index in [4.69, 9.17) is 0 Å². The molecular weight excluding hydrogens is 268 g/mol. The third-order valence-electron chi connectivity index (χ3n) is 4.74. The minimum absolute atomic E-state index is 0.0991. The summed E-state index contributed by atoms with van der Waals surface area (Å²) in [4.78, 5) is 2.59. The number of anilines is 1. The van der Waals surface area contributed by atoms with Gasteiger partial charge in [0.2, 0.25) is 0 Å². The van der Waals surface area contributed by atoms with Crippen LogP contribution in [0.15, 0.2) is 18.2 Å². The van der Waals surface area contributed by atoms with Gasteiger partial charge in [-0.05, 0) is 69.5 Å². The van der Waals surface area contributed by atoms with Gasteiger partial charge in [0.05, 0.1) is 5.54 Å². The van der Waals surface area contributed by atoms with Gasteiger partial charge < -0.3 is 10.2 Å². The van der Waals surface area contributed by atoms with E-state index in [0.717, 1.165) is 19.6 Å². The van der Waals surface area contributed by atoms with Crippen LogP contribution in [0, 0.1) is 6.92 Å². The molecule has 0 aliphatic carbocycles. The van der Waals surface area contributed by atoms with E-state index in [9.17, 15) is 0 Å². The second-order valence-corrected chi connectivity index (χ2v) is 7.06. The topological polar surface area (TPSA) is 15.3 Å². The largest absolute Gasteiger partial charge is 0.362 e. The lowest BCUT2D eigenvalue weighted by atomic mass is 9.86. The van der Waals surface area contributed by atoms with Crippen LogP contribution in [0.3, 0.4) is 0 Å². The molecule has 0 unspecified atom stereocenters. The first kappa shape index (κ1) is 17.1. The van der Waals surface area contributed by atoms with Crippen molar-refractivity contribution in [1.82, 2.24) is 5.32 Å². The van der Waals surface area contributed by atoms with E-state index in [2.05, 4.69) is 70.0 Å². The van der Waals surface area contributed by atoms with Crippen LogP contribution in [0.4, 0.5) is 5.69 Å². The monoisotopic (exact) mass is 300 g/mol. The molecule has 22 heavy (non-hydrogen) atoms. The van der Waals surface area contributed by atoms with Crippen molar-refractivity contribution in [3.8, 4) is 0 Å². The quantitative estimate of drug-likeness (QED) is 0.803. The van der Waals surface area contributed by atoms with Gasteiger partial charge in [-0.25, -0.2) is 0 Å². The second kappa shape index (κ2) is 6.87. The molecule has 1 aromatic carbocycles. The number of allylic oxidation sites excluding steroid dienone is 1. The van der Waals surface area contributed by atoms with Gasteiger partial charge in [-0.3, -0.25) is 0 Å². The SMILES string of the molecule is CCCCN1c2cc(C)c(CNCC)cc2C(C)=CC1(C)C. The molecule has 0 bridgehead atoms. The number of rotatable bonds is 6. The zero-order valence-corrected chi connectivity index (χ0v) is 15.2. The molecule has 0 spiro atoms. The summed E-state index contributed by atoms with van der Waals surface area (Å²) >= 11 is 0. The Balaban J connectivity index is 2.45. The van der Waals surface area contributed by atoms with Crippen LogP contribution in [-0.2, 0) is 6.54 Å². The predicted molar refractivity (Wildman–Crippen MR) is 98.5 cm³/mol. The Hall–Kier alpha value is -1.28. The van der Waals surface area contributed by atoms with E-state index in [-0.39, 0.29) is 5.54 Å². The van der Waals surface area contributed by atoms with Crippen LogP contribution >= 0.6 is 0 Å². The summed E-state index contributed by atoms with van der Waals surface area (Å²) in [5, 5.41) is 3.46. The summed E-state index contributed by atoms with van der Waals surface area (Å²) in [6, 6.07) is 4.79. The normalized spacial score (nSPS) is 16.5. The van der Waals surface area contributed by atoms with Gasteiger partial charge in [0.15, 0.2) is 0 Å². The fourth-order valence-electron chi connectivity index (χ4n) is 3.45. The maximum absolute atomic E-state index is 3.46. The molecule has 0 aromatic heterocycles. The molecule has 1 heterocycles. The van der Waals surface area contributed by atoms with E-state index in [1.807, 2.05) is 0 Å². The Bertz CT molecular complexity index is 555. The van der Waals surface area contributed by atoms with Crippen LogP contribution < -0.4 is 10.2 Å². The molecule has 0 fully saturated rings. The molecule has 0 radical (unpaired) electrons. The summed E-state index contributed by atoms with van der Waals surface area (Å²) < 4.78 is 0. The fraction of sp³-hybridized carbons (Fsp3) is 0.600. The molecule has 0 saturated carbocycles. The second-order valence-electron chi connectivity index (χ2n) is 7.06. The highest BCUT2D eigenvalue weighted by molar-refractivity contribution is 5.82. The number of aryl methyl sites for hydroxylation is 1. The molecule has 122 valence electrons. The van der Waals surface area contributed by atoms with Crippen molar-refractivity contribution in [2.45, 2.75) is 66.5 Å². The number of hydrogen-bond acceptors (Lipinski definition) is 2. The maximum atomic E-state index is 3.46. The summed E-state index contributed by atoms with van der Waals surface area (Å²) in [6.45, 7) is 16.7. The van der Waals surface area contributed by atoms with E-state index >= 15 is 0 Å². The van der Waals surface area contributed by atoms with Gasteiger partial charge in [0.25, 0.3) is 0 Å². The Kier molecular flexibility index (Phi) is 5.33. The minimum atomic E-state index is 0.0991. The molecule has 1 aliphatic rings. The lowest BCUT2D eigenvalue weighted by Gasteiger charge is -2.44. The Labute approximate surface area is 136 Å². The van der Waals surface area contributed by atoms with E-state index < -0.39 is 0 Å². The molecule has 1 N–H and O–H groups in total. The lowest BCUT2D eigenvalue weighted by Crippen LogP contribution is -2.45. The highest BCUT2D eigenvalue weighted by atomic mass is 15.2. The Morgan fingerprint density at radius 2 is 1.86 bits per heavy atom. The van der Waals surface area contributed by atoms with E-state index in [1.165, 1.54) is 40.8 Å². The molecule has 2 nitrogen and oxygen atoms in total. The van der Waals surface area contributed by atoms with Crippen molar-refractivity contribution >= 4 is 11.3 Å². The summed E-state index contributed by atoms with van der Waals surface area (Å²) in [5.74, 6) is 0. The number of benzene rings is 1. The Morgan fingerprint density at radius 3 is 2.50 bits per heavy atom. The van der Waals surface area contributed by atoms with Gasteiger partial charge in [0.1, 0.15) is 0 Å². The van der Waals surface area contributed by atoms with E-state index in [0.29, 0.717) is 0 Å². The first-order chi connectivity index (χ1) is 10.4. The van der Waals surface area contributed by atoms with Crippen molar-refractivity contribution in [2.24, 2.45) is 0 Å². The average Bonchev–Trinajstić information content (AvgIpc) is 2.44. The highest BCUT2D eigenvalue weighted by Gasteiger charge is 2.31. The smallest absolute Gasteiger partial charge is 0.0534 e. The van der Waals surface area contributed by atoms with Crippen molar-refractivity contribution in [3.63, 3.8) is 0 Å². The van der Waals surface area contributed by atoms with Crippen molar-refractivity contribution in [2.75, 3.05) is 18.0 Å². The zero-order chi connectivity index (χ0) is 16.3. The van der Waals surface area contributed by atoms with Crippen LogP contribution in [0.2, 0.25) is 0 Å². The third kappa shape index (κ3) is 3.38. The van der Waals surface area contributed by atoms with Gasteiger partial charge in [-0.15, -0.1) is 0 Å². The van der Waals surface area contributed by atoms with Crippen LogP contribution in [0.25, 0.3) is 5.57 Å². The number of hydrogen-bond donors (Lipinski definition) is 1. The summed E-state index contributed by atoms with van der Waals surface area (Å²) in [6.07, 6.45) is 4.91. The first-order valence-corrected chi connectivity index (χ1v) is 8.72. The molecule has 0 amide bonds. The van der Waals surface area contributed by atoms with Crippen molar-refractivity contribution in [1.29, 1.82) is 0 Å². The molecular formula is C20H32N2. The number of nitrogens with zero attached hydrogens (tertiary/aromatic N) is 1. The van der Waals surface area contributed by atoms with Crippen LogP contribution in [0.1, 0.15) is 64.2 Å². The molecule has 1 aromatic rings. The highest BCUT2D eigenvalue weighted by Crippen LogP contribution is 2.40. The maximum Gasteiger partial charge on any atom is 0.0534 e. The van der Waals surface area contributed by atoms with Crippen molar-refractivity contribution in [3.05, 3.63) is 34.9 Å². The van der Waals surface area contributed by atoms with Crippen LogP contribution in [-0.4, -0.2) is 18.6 Å². The minimum Gasteiger partial charge on any atom is -0.362 e. The van der Waals surface area contributed by atoms with Gasteiger partial charge in [-0.1, -0.05) is 26.3 Å². The predicted octanol–water partition coefficient (Wildman–Crippen LogP) is 4.91. The molecule has 2 rings (SSSR count). The number of fused-ring (bicyclic) bond motifs is 1. The van der Waals surface area contributed by atoms with Gasteiger partial charge >= 0.3 is 0 Å². The van der Waals surface area contributed by atoms with Crippen molar-refractivity contribution < 1.29 is 0 Å². The lowest BCUT2D eigenvalue weighted by molar-refractivity contribution is 0.540. The molecule has 0 saturated heterocycles. The van der Waals surface area contributed by atoms with Gasteiger partial charge in [-0.2, -0.15) is 0 Å². The van der Waals surface area contributed by atoms with E-state index in [1.54, 1.807) is 0 Å².